The molecule has 2 unspecified atom stereocenters. The molecule has 0 aliphatic heterocycles. The monoisotopic (exact) mass is 328 g/mol. The minimum atomic E-state index is -1.77. The zero-order valence-electron chi connectivity index (χ0n) is 11.0. The highest BCUT2D eigenvalue weighted by molar-refractivity contribution is 7.86. The van der Waals surface area contributed by atoms with Gasteiger partial charge in [-0.1, -0.05) is 11.6 Å². The number of benzene rings is 2. The molecule has 0 aliphatic rings. The first-order valence-corrected chi connectivity index (χ1v) is 7.64. The normalized spacial score (nSPS) is 13.7. The molecule has 6 heteroatoms. The number of Topliss-reactive ketones (excluding diaryl/α,β-unsaturated/α-hetero) is 1. The first-order valence-electron chi connectivity index (χ1n) is 6.05. The van der Waals surface area contributed by atoms with E-state index in [9.17, 15) is 17.8 Å². The topological polar surface area (TPSA) is 34.1 Å². The van der Waals surface area contributed by atoms with Crippen molar-refractivity contribution in [1.82, 2.24) is 0 Å². The molecule has 0 bridgehead atoms. The van der Waals surface area contributed by atoms with Crippen LogP contribution in [0.1, 0.15) is 17.3 Å². The zero-order chi connectivity index (χ0) is 15.6. The lowest BCUT2D eigenvalue weighted by Crippen LogP contribution is -2.23. The first kappa shape index (κ1) is 15.8. The van der Waals surface area contributed by atoms with Crippen molar-refractivity contribution in [3.05, 3.63) is 64.7 Å². The van der Waals surface area contributed by atoms with Gasteiger partial charge in [0.2, 0.25) is 0 Å². The maximum Gasteiger partial charge on any atom is 0.178 e. The van der Waals surface area contributed by atoms with E-state index in [4.69, 9.17) is 11.6 Å². The van der Waals surface area contributed by atoms with E-state index in [-0.39, 0.29) is 10.7 Å². The Bertz CT molecular complexity index is 701. The summed E-state index contributed by atoms with van der Waals surface area (Å²) in [5, 5.41) is -0.392. The van der Waals surface area contributed by atoms with Gasteiger partial charge in [0.15, 0.2) is 17.4 Å². The van der Waals surface area contributed by atoms with Crippen LogP contribution in [0.2, 0.25) is 5.02 Å². The second-order valence-corrected chi connectivity index (χ2v) is 6.60. The standard InChI is InChI=1S/C15H11ClF2O2S/c1-9(15(19)10-2-4-11(16)5-3-10)21(20)12-6-7-13(17)14(18)8-12/h2-9H,1H3. The molecule has 2 nitrogen and oxygen atoms in total. The van der Waals surface area contributed by atoms with Gasteiger partial charge < -0.3 is 0 Å². The van der Waals surface area contributed by atoms with Crippen molar-refractivity contribution in [3.63, 3.8) is 0 Å². The predicted octanol–water partition coefficient (Wildman–Crippen LogP) is 4.00. The van der Waals surface area contributed by atoms with Gasteiger partial charge in [-0.05, 0) is 49.4 Å². The van der Waals surface area contributed by atoms with Crippen LogP contribution in [0.4, 0.5) is 8.78 Å². The average Bonchev–Trinajstić information content (AvgIpc) is 2.48. The second-order valence-electron chi connectivity index (χ2n) is 4.39. The van der Waals surface area contributed by atoms with Gasteiger partial charge in [-0.25, -0.2) is 8.78 Å². The minimum absolute atomic E-state index is 0.0729. The predicted molar refractivity (Wildman–Crippen MR) is 78.0 cm³/mol. The average molecular weight is 329 g/mol. The fourth-order valence-electron chi connectivity index (χ4n) is 1.75. The van der Waals surface area contributed by atoms with Crippen molar-refractivity contribution < 1.29 is 17.8 Å². The maximum atomic E-state index is 13.2. The molecule has 2 rings (SSSR count). The van der Waals surface area contributed by atoms with Crippen molar-refractivity contribution in [2.24, 2.45) is 0 Å². The van der Waals surface area contributed by atoms with Crippen molar-refractivity contribution in [3.8, 4) is 0 Å². The van der Waals surface area contributed by atoms with Crippen LogP contribution in [0.15, 0.2) is 47.4 Å². The highest BCUT2D eigenvalue weighted by atomic mass is 35.5. The van der Waals surface area contributed by atoms with Crippen molar-refractivity contribution in [1.29, 1.82) is 0 Å². The van der Waals surface area contributed by atoms with E-state index in [0.29, 0.717) is 10.6 Å². The lowest BCUT2D eigenvalue weighted by molar-refractivity contribution is 0.0992. The third kappa shape index (κ3) is 3.54. The molecule has 0 amide bonds. The van der Waals surface area contributed by atoms with Gasteiger partial charge in [0.05, 0.1) is 16.0 Å². The number of carbonyl (C=O) groups excluding carboxylic acids is 1. The molecule has 2 aromatic carbocycles. The van der Waals surface area contributed by atoms with Crippen LogP contribution in [0, 0.1) is 11.6 Å². The molecule has 2 aromatic rings. The Labute approximate surface area is 128 Å². The van der Waals surface area contributed by atoms with Gasteiger partial charge >= 0.3 is 0 Å². The van der Waals surface area contributed by atoms with E-state index in [2.05, 4.69) is 0 Å². The van der Waals surface area contributed by atoms with Gasteiger partial charge in [0.25, 0.3) is 0 Å². The zero-order valence-corrected chi connectivity index (χ0v) is 12.5. The Balaban J connectivity index is 2.24. The smallest absolute Gasteiger partial charge is 0.178 e. The summed E-state index contributed by atoms with van der Waals surface area (Å²) in [4.78, 5) is 12.3. The number of ketones is 1. The second kappa shape index (κ2) is 6.45. The van der Waals surface area contributed by atoms with E-state index >= 15 is 0 Å². The molecule has 0 saturated carbocycles. The number of hydrogen-bond donors (Lipinski definition) is 0. The van der Waals surface area contributed by atoms with Crippen molar-refractivity contribution in [2.75, 3.05) is 0 Å². The highest BCUT2D eigenvalue weighted by Gasteiger charge is 2.23. The molecule has 0 fully saturated rings. The summed E-state index contributed by atoms with van der Waals surface area (Å²) in [6.07, 6.45) is 0. The number of carbonyl (C=O) groups is 1. The Morgan fingerprint density at radius 2 is 1.71 bits per heavy atom. The van der Waals surface area contributed by atoms with Crippen LogP contribution in [0.3, 0.4) is 0 Å². The van der Waals surface area contributed by atoms with Crippen LogP contribution in [0.5, 0.6) is 0 Å². The Kier molecular flexibility index (Phi) is 4.85. The lowest BCUT2D eigenvalue weighted by atomic mass is 10.1. The molecule has 0 N–H and O–H groups in total. The molecule has 0 radical (unpaired) electrons. The number of rotatable bonds is 4. The van der Waals surface area contributed by atoms with Gasteiger partial charge in [0, 0.05) is 15.5 Å². The highest BCUT2D eigenvalue weighted by Crippen LogP contribution is 2.19. The van der Waals surface area contributed by atoms with E-state index in [1.54, 1.807) is 12.1 Å². The summed E-state index contributed by atoms with van der Waals surface area (Å²) in [5.74, 6) is -2.46. The molecule has 0 heterocycles. The molecule has 21 heavy (non-hydrogen) atoms. The molecular weight excluding hydrogens is 318 g/mol. The van der Waals surface area contributed by atoms with E-state index in [1.165, 1.54) is 25.1 Å². The van der Waals surface area contributed by atoms with E-state index in [1.807, 2.05) is 0 Å². The van der Waals surface area contributed by atoms with E-state index in [0.717, 1.165) is 12.1 Å². The van der Waals surface area contributed by atoms with Crippen LogP contribution < -0.4 is 0 Å². The maximum absolute atomic E-state index is 13.2. The Hall–Kier alpha value is -1.59. The Morgan fingerprint density at radius 3 is 2.29 bits per heavy atom. The molecule has 110 valence electrons. The fraction of sp³-hybridized carbons (Fsp3) is 0.133. The van der Waals surface area contributed by atoms with Crippen LogP contribution in [-0.2, 0) is 10.8 Å². The molecular formula is C15H11ClF2O2S. The SMILES string of the molecule is CC(C(=O)c1ccc(Cl)cc1)S(=O)c1ccc(F)c(F)c1. The third-order valence-electron chi connectivity index (χ3n) is 2.94. The van der Waals surface area contributed by atoms with Gasteiger partial charge in [-0.15, -0.1) is 0 Å². The van der Waals surface area contributed by atoms with Crippen LogP contribution >= 0.6 is 11.6 Å². The quantitative estimate of drug-likeness (QED) is 0.795. The summed E-state index contributed by atoms with van der Waals surface area (Å²) in [7, 11) is -1.77. The number of halogens is 3. The first-order chi connectivity index (χ1) is 9.90. The van der Waals surface area contributed by atoms with Gasteiger partial charge in [-0.3, -0.25) is 9.00 Å². The molecule has 0 aliphatic carbocycles. The fourth-order valence-corrected chi connectivity index (χ4v) is 3.04. The van der Waals surface area contributed by atoms with Crippen molar-refractivity contribution >= 4 is 28.2 Å². The Morgan fingerprint density at radius 1 is 1.10 bits per heavy atom. The summed E-state index contributed by atoms with van der Waals surface area (Å²) in [6.45, 7) is 1.48. The van der Waals surface area contributed by atoms with Gasteiger partial charge in [-0.2, -0.15) is 0 Å². The molecule has 0 aromatic heterocycles. The third-order valence-corrected chi connectivity index (χ3v) is 4.77. The number of hydrogen-bond acceptors (Lipinski definition) is 2. The summed E-state index contributed by atoms with van der Waals surface area (Å²) in [5.41, 5.74) is 0.364. The minimum Gasteiger partial charge on any atom is -0.293 e. The molecule has 0 spiro atoms. The lowest BCUT2D eigenvalue weighted by Gasteiger charge is -2.11. The van der Waals surface area contributed by atoms with Crippen LogP contribution in [-0.4, -0.2) is 15.2 Å². The summed E-state index contributed by atoms with van der Waals surface area (Å²) >= 11 is 5.74. The summed E-state index contributed by atoms with van der Waals surface area (Å²) < 4.78 is 38.3. The van der Waals surface area contributed by atoms with Gasteiger partial charge in [0.1, 0.15) is 0 Å². The molecule has 0 saturated heterocycles. The summed E-state index contributed by atoms with van der Waals surface area (Å²) in [6, 6.07) is 9.12. The van der Waals surface area contributed by atoms with E-state index < -0.39 is 27.7 Å². The van der Waals surface area contributed by atoms with Crippen LogP contribution in [0.25, 0.3) is 0 Å². The molecule has 2 atom stereocenters. The van der Waals surface area contributed by atoms with Crippen molar-refractivity contribution in [2.45, 2.75) is 17.1 Å². The largest absolute Gasteiger partial charge is 0.293 e.